The number of carbonyl (C=O) groups is 2. The molecule has 1 amide bonds. The van der Waals surface area contributed by atoms with Crippen LogP contribution < -0.4 is 11.0 Å². The minimum atomic E-state index is -0.899. The maximum absolute atomic E-state index is 11.4. The van der Waals surface area contributed by atoms with E-state index in [1.165, 1.54) is 6.20 Å². The van der Waals surface area contributed by atoms with E-state index >= 15 is 0 Å². The third-order valence-electron chi connectivity index (χ3n) is 2.12. The summed E-state index contributed by atoms with van der Waals surface area (Å²) in [4.78, 5) is 37.1. The molecule has 0 aliphatic carbocycles. The van der Waals surface area contributed by atoms with Crippen molar-refractivity contribution < 1.29 is 14.7 Å². The third kappa shape index (κ3) is 3.26. The van der Waals surface area contributed by atoms with Crippen LogP contribution in [-0.4, -0.2) is 33.5 Å². The smallest absolute Gasteiger partial charge is 0.323 e. The van der Waals surface area contributed by atoms with Crippen LogP contribution in [0.4, 0.5) is 0 Å². The molecule has 0 radical (unpaired) electrons. The molecule has 1 heterocycles. The number of aliphatic carboxylic acids is 1. The van der Waals surface area contributed by atoms with Crippen LogP contribution in [-0.2, 0) is 4.79 Å². The molecular weight excluding hydrogens is 214 g/mol. The molecule has 1 rings (SSSR count). The molecule has 0 saturated heterocycles. The summed E-state index contributed by atoms with van der Waals surface area (Å²) in [5, 5.41) is 11.1. The quantitative estimate of drug-likeness (QED) is 0.545. The van der Waals surface area contributed by atoms with E-state index in [0.717, 1.165) is 0 Å². The van der Waals surface area contributed by atoms with E-state index < -0.39 is 23.5 Å². The van der Waals surface area contributed by atoms with Crippen LogP contribution in [0.25, 0.3) is 0 Å². The lowest BCUT2D eigenvalue weighted by Crippen LogP contribution is -2.27. The van der Waals surface area contributed by atoms with Crippen molar-refractivity contribution in [3.05, 3.63) is 22.4 Å². The van der Waals surface area contributed by atoms with Crippen molar-refractivity contribution in [3.63, 3.8) is 0 Å². The SMILES string of the molecule is CC(CCNC(=O)c1c[nH]c(=O)[nH]1)C(=O)O. The van der Waals surface area contributed by atoms with Crippen molar-refractivity contribution in [2.75, 3.05) is 6.54 Å². The highest BCUT2D eigenvalue weighted by molar-refractivity contribution is 5.91. The van der Waals surface area contributed by atoms with Gasteiger partial charge in [0.15, 0.2) is 0 Å². The molecule has 4 N–H and O–H groups in total. The summed E-state index contributed by atoms with van der Waals surface area (Å²) in [6, 6.07) is 0. The average Bonchev–Trinajstić information content (AvgIpc) is 2.64. The number of rotatable bonds is 5. The molecule has 7 nitrogen and oxygen atoms in total. The van der Waals surface area contributed by atoms with Crippen molar-refractivity contribution in [1.82, 2.24) is 15.3 Å². The lowest BCUT2D eigenvalue weighted by Gasteiger charge is -2.06. The van der Waals surface area contributed by atoms with Crippen LogP contribution in [0.1, 0.15) is 23.8 Å². The lowest BCUT2D eigenvalue weighted by molar-refractivity contribution is -0.141. The van der Waals surface area contributed by atoms with Gasteiger partial charge < -0.3 is 20.4 Å². The molecule has 7 heteroatoms. The number of nitrogens with one attached hydrogen (secondary N) is 3. The molecule has 16 heavy (non-hydrogen) atoms. The van der Waals surface area contributed by atoms with Gasteiger partial charge in [-0.2, -0.15) is 0 Å². The largest absolute Gasteiger partial charge is 0.481 e. The van der Waals surface area contributed by atoms with Crippen LogP contribution in [0.15, 0.2) is 11.0 Å². The number of carbonyl (C=O) groups excluding carboxylic acids is 1. The molecule has 0 saturated carbocycles. The van der Waals surface area contributed by atoms with Gasteiger partial charge in [-0.1, -0.05) is 6.92 Å². The first-order valence-electron chi connectivity index (χ1n) is 4.79. The summed E-state index contributed by atoms with van der Waals surface area (Å²) in [5.74, 6) is -1.84. The van der Waals surface area contributed by atoms with Crippen LogP contribution in [0.2, 0.25) is 0 Å². The molecular formula is C9H13N3O4. The van der Waals surface area contributed by atoms with Gasteiger partial charge in [-0.25, -0.2) is 4.79 Å². The number of carboxylic acid groups (broad SMARTS) is 1. The van der Waals surface area contributed by atoms with Crippen molar-refractivity contribution in [2.24, 2.45) is 5.92 Å². The monoisotopic (exact) mass is 227 g/mol. The number of hydrogen-bond donors (Lipinski definition) is 4. The van der Waals surface area contributed by atoms with Crippen LogP contribution in [0, 0.1) is 5.92 Å². The Balaban J connectivity index is 2.36. The molecule has 1 unspecified atom stereocenters. The van der Waals surface area contributed by atoms with Gasteiger partial charge in [-0.15, -0.1) is 0 Å². The molecule has 0 spiro atoms. The van der Waals surface area contributed by atoms with Gasteiger partial charge in [0.1, 0.15) is 5.69 Å². The van der Waals surface area contributed by atoms with E-state index in [-0.39, 0.29) is 12.2 Å². The molecule has 0 fully saturated rings. The van der Waals surface area contributed by atoms with Gasteiger partial charge >= 0.3 is 11.7 Å². The number of H-pyrrole nitrogens is 2. The van der Waals surface area contributed by atoms with E-state index in [1.807, 2.05) is 0 Å². The minimum Gasteiger partial charge on any atom is -0.481 e. The predicted octanol–water partition coefficient (Wildman–Crippen LogP) is -0.456. The van der Waals surface area contributed by atoms with Crippen molar-refractivity contribution >= 4 is 11.9 Å². The summed E-state index contributed by atoms with van der Waals surface area (Å²) in [7, 11) is 0. The minimum absolute atomic E-state index is 0.132. The number of hydrogen-bond acceptors (Lipinski definition) is 3. The van der Waals surface area contributed by atoms with Gasteiger partial charge in [0.25, 0.3) is 5.91 Å². The third-order valence-corrected chi connectivity index (χ3v) is 2.12. The first-order chi connectivity index (χ1) is 7.50. The number of aromatic amines is 2. The summed E-state index contributed by atoms with van der Waals surface area (Å²) in [5.41, 5.74) is -0.322. The van der Waals surface area contributed by atoms with E-state index in [9.17, 15) is 14.4 Å². The first kappa shape index (κ1) is 12.0. The summed E-state index contributed by atoms with van der Waals surface area (Å²) >= 11 is 0. The van der Waals surface area contributed by atoms with Crippen LogP contribution >= 0.6 is 0 Å². The fraction of sp³-hybridized carbons (Fsp3) is 0.444. The highest BCUT2D eigenvalue weighted by Gasteiger charge is 2.12. The van der Waals surface area contributed by atoms with Crippen molar-refractivity contribution in [1.29, 1.82) is 0 Å². The maximum Gasteiger partial charge on any atom is 0.323 e. The zero-order chi connectivity index (χ0) is 12.1. The second kappa shape index (κ2) is 5.15. The van der Waals surface area contributed by atoms with Gasteiger partial charge in [0.2, 0.25) is 0 Å². The molecule has 1 aromatic heterocycles. The Bertz CT molecular complexity index is 434. The number of amides is 1. The van der Waals surface area contributed by atoms with Crippen molar-refractivity contribution in [2.45, 2.75) is 13.3 Å². The molecule has 0 aliphatic rings. The summed E-state index contributed by atoms with van der Waals surface area (Å²) in [6.45, 7) is 1.81. The zero-order valence-corrected chi connectivity index (χ0v) is 8.74. The molecule has 1 atom stereocenters. The zero-order valence-electron chi connectivity index (χ0n) is 8.74. The Morgan fingerprint density at radius 2 is 2.25 bits per heavy atom. The average molecular weight is 227 g/mol. The van der Waals surface area contributed by atoms with E-state index in [0.29, 0.717) is 6.42 Å². The first-order valence-corrected chi connectivity index (χ1v) is 4.79. The fourth-order valence-corrected chi connectivity index (χ4v) is 1.08. The normalized spacial score (nSPS) is 12.1. The molecule has 0 aliphatic heterocycles. The van der Waals surface area contributed by atoms with Crippen LogP contribution in [0.3, 0.4) is 0 Å². The van der Waals surface area contributed by atoms with E-state index in [2.05, 4.69) is 15.3 Å². The van der Waals surface area contributed by atoms with Crippen molar-refractivity contribution in [3.8, 4) is 0 Å². The molecule has 88 valence electrons. The number of imidazole rings is 1. The second-order valence-electron chi connectivity index (χ2n) is 3.44. The Labute approximate surface area is 90.9 Å². The van der Waals surface area contributed by atoms with E-state index in [4.69, 9.17) is 5.11 Å². The standard InChI is InChI=1S/C9H13N3O4/c1-5(8(14)15)2-3-10-7(13)6-4-11-9(16)12-6/h4-5H,2-3H2,1H3,(H,10,13)(H,14,15)(H2,11,12,16). The van der Waals surface area contributed by atoms with Gasteiger partial charge in [0.05, 0.1) is 5.92 Å². The Kier molecular flexibility index (Phi) is 3.87. The van der Waals surface area contributed by atoms with Gasteiger partial charge in [-0.3, -0.25) is 9.59 Å². The topological polar surface area (TPSA) is 115 Å². The fourth-order valence-electron chi connectivity index (χ4n) is 1.08. The number of carboxylic acids is 1. The Morgan fingerprint density at radius 3 is 2.75 bits per heavy atom. The molecule has 0 bridgehead atoms. The maximum atomic E-state index is 11.4. The second-order valence-corrected chi connectivity index (χ2v) is 3.44. The van der Waals surface area contributed by atoms with E-state index in [1.54, 1.807) is 6.92 Å². The summed E-state index contributed by atoms with van der Waals surface area (Å²) < 4.78 is 0. The molecule has 1 aromatic rings. The Morgan fingerprint density at radius 1 is 1.56 bits per heavy atom. The molecule has 0 aromatic carbocycles. The lowest BCUT2D eigenvalue weighted by atomic mass is 10.1. The highest BCUT2D eigenvalue weighted by Crippen LogP contribution is 1.99. The van der Waals surface area contributed by atoms with Crippen LogP contribution in [0.5, 0.6) is 0 Å². The Hall–Kier alpha value is -2.05. The summed E-state index contributed by atoms with van der Waals surface area (Å²) in [6.07, 6.45) is 1.61. The van der Waals surface area contributed by atoms with Gasteiger partial charge in [0, 0.05) is 12.7 Å². The number of aromatic nitrogens is 2. The predicted molar refractivity (Wildman–Crippen MR) is 55.2 cm³/mol. The van der Waals surface area contributed by atoms with Gasteiger partial charge in [-0.05, 0) is 6.42 Å². The highest BCUT2D eigenvalue weighted by atomic mass is 16.4.